The molecule has 1 N–H and O–H groups in total. The molecular formula is C13H15N. The van der Waals surface area contributed by atoms with Gasteiger partial charge >= 0.3 is 0 Å². The number of nitrogens with one attached hydrogen (secondary N) is 1. The lowest BCUT2D eigenvalue weighted by Gasteiger charge is -2.02. The molecule has 0 atom stereocenters. The molecule has 0 aliphatic carbocycles. The molecule has 1 aromatic carbocycles. The number of aromatic amines is 1. The third-order valence-electron chi connectivity index (χ3n) is 2.42. The monoisotopic (exact) mass is 185 g/mol. The minimum atomic E-state index is 1.12. The molecule has 14 heavy (non-hydrogen) atoms. The zero-order chi connectivity index (χ0) is 9.80. The minimum Gasteiger partial charge on any atom is -0.364 e. The highest BCUT2D eigenvalue weighted by Gasteiger charge is 2.03. The summed E-state index contributed by atoms with van der Waals surface area (Å²) in [5, 5.41) is 0. The van der Waals surface area contributed by atoms with Crippen LogP contribution in [0, 0.1) is 0 Å². The van der Waals surface area contributed by atoms with E-state index >= 15 is 0 Å². The molecule has 0 unspecified atom stereocenters. The van der Waals surface area contributed by atoms with Crippen LogP contribution >= 0.6 is 0 Å². The van der Waals surface area contributed by atoms with Crippen molar-refractivity contribution in [3.8, 4) is 11.1 Å². The van der Waals surface area contributed by atoms with E-state index in [0.29, 0.717) is 0 Å². The van der Waals surface area contributed by atoms with Crippen LogP contribution in [0.25, 0.3) is 11.1 Å². The fourth-order valence-electron chi connectivity index (χ4n) is 1.75. The molecule has 2 rings (SSSR count). The Bertz CT molecular complexity index is 387. The summed E-state index contributed by atoms with van der Waals surface area (Å²) in [6, 6.07) is 12.7. The van der Waals surface area contributed by atoms with Crippen LogP contribution < -0.4 is 0 Å². The Morgan fingerprint density at radius 1 is 1.07 bits per heavy atom. The van der Waals surface area contributed by atoms with E-state index in [-0.39, 0.29) is 0 Å². The zero-order valence-corrected chi connectivity index (χ0v) is 8.46. The number of aryl methyl sites for hydroxylation is 1. The van der Waals surface area contributed by atoms with Crippen molar-refractivity contribution >= 4 is 0 Å². The Balaban J connectivity index is 2.37. The molecule has 0 aliphatic rings. The summed E-state index contributed by atoms with van der Waals surface area (Å²) in [6.07, 6.45) is 4.32. The molecule has 0 radical (unpaired) electrons. The Morgan fingerprint density at radius 2 is 1.86 bits per heavy atom. The summed E-state index contributed by atoms with van der Waals surface area (Å²) < 4.78 is 0. The average molecular weight is 185 g/mol. The van der Waals surface area contributed by atoms with Crippen LogP contribution in [0.2, 0.25) is 0 Å². The second-order valence-electron chi connectivity index (χ2n) is 3.49. The van der Waals surface area contributed by atoms with E-state index < -0.39 is 0 Å². The number of hydrogen-bond acceptors (Lipinski definition) is 0. The summed E-state index contributed by atoms with van der Waals surface area (Å²) in [5.74, 6) is 0. The van der Waals surface area contributed by atoms with Gasteiger partial charge < -0.3 is 4.98 Å². The van der Waals surface area contributed by atoms with E-state index in [4.69, 9.17) is 0 Å². The maximum Gasteiger partial charge on any atom is 0.0226 e. The van der Waals surface area contributed by atoms with E-state index in [1.54, 1.807) is 0 Å². The van der Waals surface area contributed by atoms with Crippen molar-refractivity contribution in [2.24, 2.45) is 0 Å². The molecule has 0 amide bonds. The Kier molecular flexibility index (Phi) is 2.68. The normalized spacial score (nSPS) is 10.4. The highest BCUT2D eigenvalue weighted by Crippen LogP contribution is 2.23. The predicted octanol–water partition coefficient (Wildman–Crippen LogP) is 3.63. The van der Waals surface area contributed by atoms with Gasteiger partial charge in [-0.1, -0.05) is 43.7 Å². The van der Waals surface area contributed by atoms with Crippen molar-refractivity contribution in [1.29, 1.82) is 0 Å². The predicted molar refractivity (Wildman–Crippen MR) is 60.2 cm³/mol. The Morgan fingerprint density at radius 3 is 2.57 bits per heavy atom. The van der Waals surface area contributed by atoms with Gasteiger partial charge in [0.15, 0.2) is 0 Å². The SMILES string of the molecule is CCCc1[nH]ccc1-c1ccccc1. The van der Waals surface area contributed by atoms with Gasteiger partial charge in [-0.2, -0.15) is 0 Å². The van der Waals surface area contributed by atoms with Crippen molar-refractivity contribution in [1.82, 2.24) is 4.98 Å². The van der Waals surface area contributed by atoms with Gasteiger partial charge in [-0.25, -0.2) is 0 Å². The first-order chi connectivity index (χ1) is 6.92. The quantitative estimate of drug-likeness (QED) is 0.751. The number of rotatable bonds is 3. The fourth-order valence-corrected chi connectivity index (χ4v) is 1.75. The number of hydrogen-bond donors (Lipinski definition) is 1. The van der Waals surface area contributed by atoms with Gasteiger partial charge in [-0.3, -0.25) is 0 Å². The maximum absolute atomic E-state index is 3.31. The zero-order valence-electron chi connectivity index (χ0n) is 8.46. The summed E-state index contributed by atoms with van der Waals surface area (Å²) in [4.78, 5) is 3.31. The Hall–Kier alpha value is -1.50. The first kappa shape index (κ1) is 9.07. The van der Waals surface area contributed by atoms with Crippen molar-refractivity contribution in [3.63, 3.8) is 0 Å². The topological polar surface area (TPSA) is 15.8 Å². The molecule has 72 valence electrons. The summed E-state index contributed by atoms with van der Waals surface area (Å²) >= 11 is 0. The molecule has 0 spiro atoms. The third-order valence-corrected chi connectivity index (χ3v) is 2.42. The van der Waals surface area contributed by atoms with Gasteiger partial charge in [0.25, 0.3) is 0 Å². The van der Waals surface area contributed by atoms with E-state index in [2.05, 4.69) is 48.3 Å². The second kappa shape index (κ2) is 4.14. The van der Waals surface area contributed by atoms with Crippen molar-refractivity contribution in [2.75, 3.05) is 0 Å². The van der Waals surface area contributed by atoms with Gasteiger partial charge in [0.2, 0.25) is 0 Å². The molecule has 2 aromatic rings. The highest BCUT2D eigenvalue weighted by atomic mass is 14.7. The van der Waals surface area contributed by atoms with Gasteiger partial charge in [-0.15, -0.1) is 0 Å². The lowest BCUT2D eigenvalue weighted by Crippen LogP contribution is -1.86. The lowest BCUT2D eigenvalue weighted by molar-refractivity contribution is 0.894. The van der Waals surface area contributed by atoms with Crippen LogP contribution in [0.15, 0.2) is 42.6 Å². The molecule has 1 nitrogen and oxygen atoms in total. The summed E-state index contributed by atoms with van der Waals surface area (Å²) in [6.45, 7) is 2.20. The number of benzene rings is 1. The van der Waals surface area contributed by atoms with Gasteiger partial charge in [0, 0.05) is 17.5 Å². The molecule has 0 saturated heterocycles. The van der Waals surface area contributed by atoms with Crippen molar-refractivity contribution in [3.05, 3.63) is 48.3 Å². The largest absolute Gasteiger partial charge is 0.364 e. The van der Waals surface area contributed by atoms with Crippen LogP contribution in [-0.2, 0) is 6.42 Å². The molecule has 1 heterocycles. The molecular weight excluding hydrogens is 170 g/mol. The second-order valence-corrected chi connectivity index (χ2v) is 3.49. The van der Waals surface area contributed by atoms with E-state index in [0.717, 1.165) is 6.42 Å². The first-order valence-electron chi connectivity index (χ1n) is 5.13. The molecule has 0 fully saturated rings. The first-order valence-corrected chi connectivity index (χ1v) is 5.13. The molecule has 1 heteroatoms. The standard InChI is InChI=1S/C13H15N/c1-2-6-13-12(9-10-14-13)11-7-4-3-5-8-11/h3-5,7-10,14H,2,6H2,1H3. The van der Waals surface area contributed by atoms with Crippen molar-refractivity contribution < 1.29 is 0 Å². The lowest BCUT2D eigenvalue weighted by atomic mass is 10.0. The average Bonchev–Trinajstić information content (AvgIpc) is 2.68. The molecule has 0 saturated carbocycles. The van der Waals surface area contributed by atoms with Gasteiger partial charge in [0.05, 0.1) is 0 Å². The van der Waals surface area contributed by atoms with E-state index in [9.17, 15) is 0 Å². The van der Waals surface area contributed by atoms with E-state index in [1.807, 2.05) is 6.20 Å². The van der Waals surface area contributed by atoms with Crippen LogP contribution in [-0.4, -0.2) is 4.98 Å². The van der Waals surface area contributed by atoms with Gasteiger partial charge in [0.1, 0.15) is 0 Å². The molecule has 0 bridgehead atoms. The van der Waals surface area contributed by atoms with Crippen LogP contribution in [0.1, 0.15) is 19.0 Å². The smallest absolute Gasteiger partial charge is 0.0226 e. The van der Waals surface area contributed by atoms with Crippen LogP contribution in [0.3, 0.4) is 0 Å². The molecule has 1 aromatic heterocycles. The third kappa shape index (κ3) is 1.72. The van der Waals surface area contributed by atoms with Gasteiger partial charge in [-0.05, 0) is 18.1 Å². The fraction of sp³-hybridized carbons (Fsp3) is 0.231. The van der Waals surface area contributed by atoms with Crippen LogP contribution in [0.4, 0.5) is 0 Å². The summed E-state index contributed by atoms with van der Waals surface area (Å²) in [5.41, 5.74) is 3.99. The van der Waals surface area contributed by atoms with Crippen molar-refractivity contribution in [2.45, 2.75) is 19.8 Å². The molecule has 0 aliphatic heterocycles. The maximum atomic E-state index is 3.31. The summed E-state index contributed by atoms with van der Waals surface area (Å²) in [7, 11) is 0. The van der Waals surface area contributed by atoms with Crippen LogP contribution in [0.5, 0.6) is 0 Å². The number of aromatic nitrogens is 1. The Labute approximate surface area is 84.8 Å². The highest BCUT2D eigenvalue weighted by molar-refractivity contribution is 5.66. The number of H-pyrrole nitrogens is 1. The van der Waals surface area contributed by atoms with E-state index in [1.165, 1.54) is 23.2 Å². The minimum absolute atomic E-state index is 1.12.